The highest BCUT2D eigenvalue weighted by Gasteiger charge is 2.54. The van der Waals surface area contributed by atoms with Gasteiger partial charge in [-0.15, -0.1) is 0 Å². The molecule has 53 heavy (non-hydrogen) atoms. The van der Waals surface area contributed by atoms with Crippen molar-refractivity contribution in [1.82, 2.24) is 0 Å². The molecule has 0 N–H and O–H groups in total. The molecule has 0 heterocycles. The minimum absolute atomic E-state index is 0.00167. The van der Waals surface area contributed by atoms with Crippen LogP contribution in [0.25, 0.3) is 5.57 Å². The largest absolute Gasteiger partial charge is 0.489 e. The first-order chi connectivity index (χ1) is 26.0. The number of unbranched alkanes of at least 4 members (excludes halogenated alkanes) is 5. The molecule has 0 aliphatic heterocycles. The normalized spacial score (nSPS) is 22.7. The van der Waals surface area contributed by atoms with Crippen LogP contribution >= 0.6 is 0 Å². The third kappa shape index (κ3) is 10.1. The summed E-state index contributed by atoms with van der Waals surface area (Å²) in [6.45, 7) is 8.38. The molecule has 1 fully saturated rings. The number of fused-ring (bicyclic) bond motifs is 5. The van der Waals surface area contributed by atoms with Crippen molar-refractivity contribution in [2.24, 2.45) is 23.2 Å². The third-order valence-corrected chi connectivity index (χ3v) is 12.5. The van der Waals surface area contributed by atoms with Gasteiger partial charge in [-0.05, 0) is 123 Å². The zero-order chi connectivity index (χ0) is 36.9. The van der Waals surface area contributed by atoms with Gasteiger partial charge in [0.05, 0.1) is 25.2 Å². The summed E-state index contributed by atoms with van der Waals surface area (Å²) in [6, 6.07) is 28.1. The molecular weight excluding hydrogens is 653 g/mol. The Morgan fingerprint density at radius 3 is 2.32 bits per heavy atom. The zero-order valence-electron chi connectivity index (χ0n) is 32.8. The number of hydrogen-bond acceptors (Lipinski definition) is 4. The molecule has 0 amide bonds. The van der Waals surface area contributed by atoms with E-state index < -0.39 is 0 Å². The Labute approximate surface area is 320 Å². The molecule has 0 bridgehead atoms. The summed E-state index contributed by atoms with van der Waals surface area (Å²) >= 11 is 0. The molecule has 3 aromatic rings. The second kappa shape index (κ2) is 19.6. The monoisotopic (exact) mass is 716 g/mol. The number of benzene rings is 3. The van der Waals surface area contributed by atoms with E-state index in [1.54, 1.807) is 11.1 Å². The molecule has 0 spiro atoms. The van der Waals surface area contributed by atoms with Gasteiger partial charge in [0.2, 0.25) is 0 Å². The highest BCUT2D eigenvalue weighted by atomic mass is 16.5. The van der Waals surface area contributed by atoms with E-state index in [1.807, 2.05) is 6.92 Å². The summed E-state index contributed by atoms with van der Waals surface area (Å²) in [5.74, 6) is 2.30. The van der Waals surface area contributed by atoms with Crippen LogP contribution in [0.3, 0.4) is 0 Å². The minimum Gasteiger partial charge on any atom is -0.489 e. The van der Waals surface area contributed by atoms with Crippen molar-refractivity contribution in [2.75, 3.05) is 6.61 Å². The molecule has 284 valence electrons. The van der Waals surface area contributed by atoms with E-state index >= 15 is 0 Å². The SMILES string of the molecule is CCCC(CCCCCCC/C=C/CC1=C2c3ccc(OCc4ccccc4)cc3CCC2C2CC[C@H](OCc3ccccc3)[C@@]2(C)C1)C(=O)OCC. The lowest BCUT2D eigenvalue weighted by Gasteiger charge is -2.48. The second-order valence-corrected chi connectivity index (χ2v) is 16.2. The van der Waals surface area contributed by atoms with Crippen LogP contribution in [-0.4, -0.2) is 18.7 Å². The molecule has 4 heteroatoms. The van der Waals surface area contributed by atoms with Gasteiger partial charge in [0.1, 0.15) is 12.4 Å². The van der Waals surface area contributed by atoms with Gasteiger partial charge in [-0.1, -0.05) is 130 Å². The maximum atomic E-state index is 12.3. The van der Waals surface area contributed by atoms with E-state index in [2.05, 4.69) is 105 Å². The topological polar surface area (TPSA) is 44.8 Å². The van der Waals surface area contributed by atoms with Gasteiger partial charge in [0.15, 0.2) is 0 Å². The molecular formula is C49H64O4. The summed E-state index contributed by atoms with van der Waals surface area (Å²) in [5.41, 5.74) is 8.81. The van der Waals surface area contributed by atoms with Crippen molar-refractivity contribution in [3.05, 3.63) is 119 Å². The number of rotatable bonds is 20. The first-order valence-corrected chi connectivity index (χ1v) is 21.0. The first kappa shape index (κ1) is 39.1. The lowest BCUT2D eigenvalue weighted by atomic mass is 9.57. The second-order valence-electron chi connectivity index (χ2n) is 16.2. The summed E-state index contributed by atoms with van der Waals surface area (Å²) in [6.07, 6.45) is 22.2. The molecule has 5 atom stereocenters. The molecule has 3 unspecified atom stereocenters. The summed E-state index contributed by atoms with van der Waals surface area (Å²) in [5, 5.41) is 0. The number of aryl methyl sites for hydroxylation is 1. The molecule has 0 aromatic heterocycles. The van der Waals surface area contributed by atoms with Crippen LogP contribution in [0.4, 0.5) is 0 Å². The van der Waals surface area contributed by atoms with Crippen LogP contribution in [0.5, 0.6) is 5.75 Å². The molecule has 0 radical (unpaired) electrons. The van der Waals surface area contributed by atoms with E-state index in [0.717, 1.165) is 63.5 Å². The smallest absolute Gasteiger partial charge is 0.308 e. The minimum atomic E-state index is 0.00167. The van der Waals surface area contributed by atoms with Gasteiger partial charge in [0.25, 0.3) is 0 Å². The highest BCUT2D eigenvalue weighted by molar-refractivity contribution is 5.77. The number of hydrogen-bond donors (Lipinski definition) is 0. The number of carbonyl (C=O) groups excluding carboxylic acids is 1. The van der Waals surface area contributed by atoms with Gasteiger partial charge in [0, 0.05) is 5.41 Å². The fourth-order valence-electron chi connectivity index (χ4n) is 9.81. The maximum absolute atomic E-state index is 12.3. The highest BCUT2D eigenvalue weighted by Crippen LogP contribution is 2.61. The quantitative estimate of drug-likeness (QED) is 0.0663. The molecule has 1 saturated carbocycles. The van der Waals surface area contributed by atoms with Crippen molar-refractivity contribution in [1.29, 1.82) is 0 Å². The van der Waals surface area contributed by atoms with E-state index in [1.165, 1.54) is 60.8 Å². The standard InChI is InChI=1S/C49H64O4/c1-4-20-39(48(50)51-5-2)25-18-10-8-6-7-9-11-19-26-41-34-49(3)45(31-32-46(49)53-36-38-23-16-13-17-24-38)44-29-27-40-33-42(28-30-43(40)47(41)44)52-35-37-21-14-12-15-22-37/h11-17,19,21-24,28,30,33,39,44-46H,4-10,18,20,25-27,29,31-32,34-36H2,1-3H3/b19-11+/t39?,44?,45?,46-,49-/m0/s1. The third-order valence-electron chi connectivity index (χ3n) is 12.5. The van der Waals surface area contributed by atoms with Gasteiger partial charge in [-0.25, -0.2) is 0 Å². The fraction of sp³-hybridized carbons (Fsp3) is 0.531. The Kier molecular flexibility index (Phi) is 14.5. The lowest BCUT2D eigenvalue weighted by Crippen LogP contribution is -2.42. The summed E-state index contributed by atoms with van der Waals surface area (Å²) in [7, 11) is 0. The molecule has 3 aromatic carbocycles. The van der Waals surface area contributed by atoms with E-state index in [9.17, 15) is 4.79 Å². The van der Waals surface area contributed by atoms with Crippen molar-refractivity contribution >= 4 is 11.5 Å². The number of ether oxygens (including phenoxy) is 3. The fourth-order valence-corrected chi connectivity index (χ4v) is 9.81. The molecule has 0 saturated heterocycles. The van der Waals surface area contributed by atoms with E-state index in [0.29, 0.717) is 31.7 Å². The average Bonchev–Trinajstić information content (AvgIpc) is 3.52. The Balaban J connectivity index is 1.10. The van der Waals surface area contributed by atoms with Crippen molar-refractivity contribution in [2.45, 2.75) is 136 Å². The van der Waals surface area contributed by atoms with Crippen LogP contribution in [0.2, 0.25) is 0 Å². The Hall–Kier alpha value is -3.63. The van der Waals surface area contributed by atoms with Crippen LogP contribution in [0, 0.1) is 23.2 Å². The van der Waals surface area contributed by atoms with Gasteiger partial charge < -0.3 is 14.2 Å². The maximum Gasteiger partial charge on any atom is 0.308 e. The molecule has 4 nitrogen and oxygen atoms in total. The van der Waals surface area contributed by atoms with Gasteiger partial charge in [-0.3, -0.25) is 4.79 Å². The van der Waals surface area contributed by atoms with Crippen LogP contribution in [0.1, 0.15) is 133 Å². The number of carbonyl (C=O) groups is 1. The summed E-state index contributed by atoms with van der Waals surface area (Å²) < 4.78 is 18.4. The van der Waals surface area contributed by atoms with Crippen molar-refractivity contribution in [3.63, 3.8) is 0 Å². The predicted molar refractivity (Wildman–Crippen MR) is 218 cm³/mol. The average molecular weight is 717 g/mol. The Morgan fingerprint density at radius 1 is 0.830 bits per heavy atom. The van der Waals surface area contributed by atoms with Crippen LogP contribution < -0.4 is 4.74 Å². The van der Waals surface area contributed by atoms with Gasteiger partial charge >= 0.3 is 5.97 Å². The number of allylic oxidation sites excluding steroid dienone is 4. The predicted octanol–water partition coefficient (Wildman–Crippen LogP) is 12.6. The molecule has 3 aliphatic rings. The molecule has 6 rings (SSSR count). The van der Waals surface area contributed by atoms with Crippen molar-refractivity contribution < 1.29 is 19.0 Å². The van der Waals surface area contributed by atoms with Crippen LogP contribution in [0.15, 0.2) is 96.6 Å². The Bertz CT molecular complexity index is 1640. The summed E-state index contributed by atoms with van der Waals surface area (Å²) in [4.78, 5) is 12.3. The van der Waals surface area contributed by atoms with Crippen molar-refractivity contribution in [3.8, 4) is 5.75 Å². The van der Waals surface area contributed by atoms with E-state index in [4.69, 9.17) is 14.2 Å². The lowest BCUT2D eigenvalue weighted by molar-refractivity contribution is -0.148. The zero-order valence-corrected chi connectivity index (χ0v) is 32.8. The Morgan fingerprint density at radius 2 is 1.57 bits per heavy atom. The molecule has 3 aliphatic carbocycles. The van der Waals surface area contributed by atoms with Crippen LogP contribution in [-0.2, 0) is 33.9 Å². The number of esters is 1. The van der Waals surface area contributed by atoms with E-state index in [-0.39, 0.29) is 23.4 Å². The van der Waals surface area contributed by atoms with Gasteiger partial charge in [-0.2, -0.15) is 0 Å². The first-order valence-electron chi connectivity index (χ1n) is 21.0.